The number of aryl methyl sites for hydroxylation is 1. The third-order valence-corrected chi connectivity index (χ3v) is 8.67. The van der Waals surface area contributed by atoms with Crippen molar-refractivity contribution in [2.45, 2.75) is 34.7 Å². The Labute approximate surface area is 193 Å². The topological polar surface area (TPSA) is 80.3 Å². The van der Waals surface area contributed by atoms with E-state index >= 15 is 0 Å². The van der Waals surface area contributed by atoms with Crippen molar-refractivity contribution in [1.29, 1.82) is 0 Å². The van der Waals surface area contributed by atoms with Gasteiger partial charge in [-0.3, -0.25) is 14.9 Å². The number of hydrogen-bond donors (Lipinski definition) is 1. The van der Waals surface area contributed by atoms with E-state index < -0.39 is 60.5 Å². The summed E-state index contributed by atoms with van der Waals surface area (Å²) in [6.07, 6.45) is -11.1. The van der Waals surface area contributed by atoms with Gasteiger partial charge in [0.15, 0.2) is 0 Å². The lowest BCUT2D eigenvalue weighted by molar-refractivity contribution is -0.143. The molecule has 0 spiro atoms. The first-order valence-corrected chi connectivity index (χ1v) is 11.5. The highest BCUT2D eigenvalue weighted by atomic mass is 32.3. The number of rotatable bonds is 3. The molecule has 1 unspecified atom stereocenters. The Morgan fingerprint density at radius 2 is 1.47 bits per heavy atom. The van der Waals surface area contributed by atoms with Gasteiger partial charge in [0.05, 0.1) is 16.0 Å². The maximum Gasteiger partial charge on any atom is 0.416 e. The maximum atomic E-state index is 13.2. The molecule has 13 heteroatoms. The van der Waals surface area contributed by atoms with Gasteiger partial charge in [0, 0.05) is 12.0 Å². The molecule has 5 nitrogen and oxygen atoms in total. The summed E-state index contributed by atoms with van der Waals surface area (Å²) in [6, 6.07) is 5.98. The van der Waals surface area contributed by atoms with Gasteiger partial charge in [0.25, 0.3) is 11.1 Å². The fraction of sp³-hybridized carbons (Fsp3) is 0.238. The van der Waals surface area contributed by atoms with Crippen LogP contribution in [0.15, 0.2) is 47.4 Å². The number of thioether (sulfide) groups is 1. The number of sulfone groups is 1. The number of hydrogen-bond acceptors (Lipinski definition) is 5. The van der Waals surface area contributed by atoms with Crippen molar-refractivity contribution in [2.24, 2.45) is 0 Å². The Morgan fingerprint density at radius 1 is 0.941 bits per heavy atom. The minimum Gasteiger partial charge on any atom is -0.285 e. The third-order valence-electron chi connectivity index (χ3n) is 4.73. The highest BCUT2D eigenvalue weighted by Gasteiger charge is 2.58. The van der Waals surface area contributed by atoms with Gasteiger partial charge in [-0.15, -0.1) is 0 Å². The van der Waals surface area contributed by atoms with Gasteiger partial charge in [-0.2, -0.15) is 26.3 Å². The average Bonchev–Trinajstić information content (AvgIpc) is 3.01. The number of carbonyl (C=O) groups excluding carboxylic acids is 2. The SMILES string of the molecule is Cc1ccc(S(=O)(=O)C2(CC#Cc3cc(C(F)(F)F)cc(C(F)(F)F)c3)SC(=O)NC2=O)cc1. The number of nitrogens with one attached hydrogen (secondary N) is 1. The van der Waals surface area contributed by atoms with Crippen molar-refractivity contribution in [3.8, 4) is 11.8 Å². The second kappa shape index (κ2) is 8.66. The summed E-state index contributed by atoms with van der Waals surface area (Å²) in [5.74, 6) is 3.04. The molecule has 3 rings (SSSR count). The molecule has 1 heterocycles. The third kappa shape index (κ3) is 4.92. The summed E-state index contributed by atoms with van der Waals surface area (Å²) >= 11 is 0.127. The molecule has 0 bridgehead atoms. The number of imide groups is 1. The predicted molar refractivity (Wildman–Crippen MR) is 110 cm³/mol. The lowest BCUT2D eigenvalue weighted by Gasteiger charge is -2.22. The van der Waals surface area contributed by atoms with Crippen molar-refractivity contribution >= 4 is 32.7 Å². The minimum atomic E-state index is -5.10. The Bertz CT molecular complexity index is 1290. The molecule has 0 saturated carbocycles. The first-order chi connectivity index (χ1) is 15.6. The fourth-order valence-electron chi connectivity index (χ4n) is 3.00. The predicted octanol–water partition coefficient (Wildman–Crippen LogP) is 4.93. The monoisotopic (exact) mass is 521 g/mol. The van der Waals surface area contributed by atoms with E-state index in [1.165, 1.54) is 24.3 Å². The van der Waals surface area contributed by atoms with Gasteiger partial charge in [-0.1, -0.05) is 29.5 Å². The smallest absolute Gasteiger partial charge is 0.285 e. The molecule has 2 aromatic rings. The average molecular weight is 521 g/mol. The van der Waals surface area contributed by atoms with E-state index in [9.17, 15) is 44.3 Å². The normalized spacial score (nSPS) is 18.9. The Balaban J connectivity index is 2.07. The number of halogens is 6. The molecular weight excluding hydrogens is 508 g/mol. The van der Waals surface area contributed by atoms with Crippen molar-refractivity contribution in [1.82, 2.24) is 5.32 Å². The van der Waals surface area contributed by atoms with Crippen LogP contribution in [0.3, 0.4) is 0 Å². The largest absolute Gasteiger partial charge is 0.416 e. The second-order valence-electron chi connectivity index (χ2n) is 7.19. The maximum absolute atomic E-state index is 13.2. The summed E-state index contributed by atoms with van der Waals surface area (Å²) in [5.41, 5.74) is -3.19. The van der Waals surface area contributed by atoms with Gasteiger partial charge < -0.3 is 0 Å². The van der Waals surface area contributed by atoms with Gasteiger partial charge in [-0.25, -0.2) is 8.42 Å². The molecule has 0 radical (unpaired) electrons. The van der Waals surface area contributed by atoms with E-state index in [2.05, 4.69) is 11.8 Å². The molecule has 2 aromatic carbocycles. The molecule has 34 heavy (non-hydrogen) atoms. The standard InChI is InChI=1S/C21H13F6NO4S2/c1-12-4-6-16(7-5-12)34(31,32)19(17(29)28-18(30)33-19)8-2-3-13-9-14(20(22,23)24)11-15(10-13)21(25,26)27/h4-7,9-11H,8H2,1H3,(H,28,29,30). The minimum absolute atomic E-state index is 0.0759. The van der Waals surface area contributed by atoms with Crippen LogP contribution in [-0.2, 0) is 27.0 Å². The van der Waals surface area contributed by atoms with Crippen LogP contribution in [0.1, 0.15) is 28.7 Å². The van der Waals surface area contributed by atoms with Crippen LogP contribution in [0.25, 0.3) is 0 Å². The quantitative estimate of drug-likeness (QED) is 0.458. The number of alkyl halides is 6. The van der Waals surface area contributed by atoms with Crippen LogP contribution in [0, 0.1) is 18.8 Å². The number of amides is 2. The zero-order valence-electron chi connectivity index (χ0n) is 17.0. The van der Waals surface area contributed by atoms with Crippen LogP contribution in [0.2, 0.25) is 0 Å². The van der Waals surface area contributed by atoms with Crippen LogP contribution in [0.5, 0.6) is 0 Å². The lowest BCUT2D eigenvalue weighted by atomic mass is 10.0. The molecule has 0 aromatic heterocycles. The first-order valence-electron chi connectivity index (χ1n) is 9.20. The van der Waals surface area contributed by atoms with Gasteiger partial charge in [-0.05, 0) is 49.0 Å². The summed E-state index contributed by atoms with van der Waals surface area (Å²) in [5, 5.41) is 0.857. The molecule has 0 aliphatic carbocycles. The van der Waals surface area contributed by atoms with E-state index in [0.717, 1.165) is 0 Å². The molecule has 1 aliphatic heterocycles. The van der Waals surface area contributed by atoms with E-state index in [-0.39, 0.29) is 22.7 Å². The second-order valence-corrected chi connectivity index (χ2v) is 10.9. The summed E-state index contributed by atoms with van der Waals surface area (Å²) in [4.78, 5) is 24.0. The van der Waals surface area contributed by atoms with E-state index in [1.807, 2.05) is 5.32 Å². The van der Waals surface area contributed by atoms with E-state index in [0.29, 0.717) is 17.7 Å². The fourth-order valence-corrected chi connectivity index (χ4v) is 6.11. The van der Waals surface area contributed by atoms with E-state index in [1.54, 1.807) is 6.92 Å². The van der Waals surface area contributed by atoms with Gasteiger partial charge >= 0.3 is 12.4 Å². The molecular formula is C21H13F6NO4S2. The summed E-state index contributed by atoms with van der Waals surface area (Å²) < 4.78 is 102. The molecule has 1 fully saturated rings. The highest BCUT2D eigenvalue weighted by molar-refractivity contribution is 8.25. The molecule has 1 N–H and O–H groups in total. The molecule has 2 amide bonds. The molecule has 180 valence electrons. The number of benzene rings is 2. The summed E-state index contributed by atoms with van der Waals surface area (Å²) in [6.45, 7) is 1.68. The molecule has 1 saturated heterocycles. The highest BCUT2D eigenvalue weighted by Crippen LogP contribution is 2.43. The molecule has 1 aliphatic rings. The summed E-state index contributed by atoms with van der Waals surface area (Å²) in [7, 11) is -4.55. The van der Waals surface area contributed by atoms with Crippen molar-refractivity contribution < 1.29 is 44.3 Å². The van der Waals surface area contributed by atoms with Crippen molar-refractivity contribution in [3.63, 3.8) is 0 Å². The Morgan fingerprint density at radius 3 is 1.91 bits per heavy atom. The number of carbonyl (C=O) groups is 2. The Kier molecular flexibility index (Phi) is 6.53. The van der Waals surface area contributed by atoms with E-state index in [4.69, 9.17) is 0 Å². The van der Waals surface area contributed by atoms with Gasteiger partial charge in [0.1, 0.15) is 0 Å². The van der Waals surface area contributed by atoms with Gasteiger partial charge in [0.2, 0.25) is 13.9 Å². The van der Waals surface area contributed by atoms with Crippen LogP contribution in [-0.4, -0.2) is 23.6 Å². The first kappa shape index (κ1) is 25.6. The zero-order chi connectivity index (χ0) is 25.5. The van der Waals surface area contributed by atoms with Crippen molar-refractivity contribution in [2.75, 3.05) is 0 Å². The van der Waals surface area contributed by atoms with Crippen LogP contribution in [0.4, 0.5) is 31.1 Å². The van der Waals surface area contributed by atoms with Crippen LogP contribution >= 0.6 is 11.8 Å². The van der Waals surface area contributed by atoms with Crippen LogP contribution < -0.4 is 5.32 Å². The Hall–Kier alpha value is -2.98. The lowest BCUT2D eigenvalue weighted by Crippen LogP contribution is -2.43. The van der Waals surface area contributed by atoms with Crippen molar-refractivity contribution in [3.05, 3.63) is 64.7 Å². The molecule has 1 atom stereocenters. The zero-order valence-corrected chi connectivity index (χ0v) is 18.6.